The van der Waals surface area contributed by atoms with Crippen LogP contribution >= 0.6 is 0 Å². The number of rotatable bonds is 6. The number of carbonyl (C=O) groups is 1. The molecule has 0 amide bonds. The number of carboxylic acids is 1. The number of hydrogen-bond acceptors (Lipinski definition) is 3. The molecule has 1 unspecified atom stereocenters. The van der Waals surface area contributed by atoms with E-state index in [-0.39, 0.29) is 5.56 Å². The Labute approximate surface area is 126 Å². The van der Waals surface area contributed by atoms with Gasteiger partial charge in [0, 0.05) is 25.4 Å². The Balaban J connectivity index is 2.16. The number of nitrogens with zero attached hydrogens (tertiary/aromatic N) is 3. The molecule has 0 aliphatic heterocycles. The molecule has 0 spiro atoms. The molecule has 0 radical (unpaired) electrons. The molecule has 2 rings (SSSR count). The van der Waals surface area contributed by atoms with Crippen molar-refractivity contribution in [2.24, 2.45) is 7.05 Å². The first-order valence-corrected chi connectivity index (χ1v) is 6.74. The minimum Gasteiger partial charge on any atom is -0.480 e. The number of aromatic nitrogens is 2. The molecule has 1 atom stereocenters. The number of likely N-dealkylation sites (N-methyl/N-ethyl adjacent to an activating group) is 1. The van der Waals surface area contributed by atoms with Gasteiger partial charge in [0.25, 0.3) is 0 Å². The highest BCUT2D eigenvalue weighted by Crippen LogP contribution is 2.24. The second-order valence-corrected chi connectivity index (χ2v) is 5.16. The molecule has 0 aliphatic rings. The first-order chi connectivity index (χ1) is 10.4. The molecule has 0 bridgehead atoms. The third-order valence-corrected chi connectivity index (χ3v) is 3.44. The zero-order valence-corrected chi connectivity index (χ0v) is 12.3. The van der Waals surface area contributed by atoms with Crippen LogP contribution in [0, 0.1) is 11.6 Å². The van der Waals surface area contributed by atoms with Gasteiger partial charge >= 0.3 is 5.97 Å². The summed E-state index contributed by atoms with van der Waals surface area (Å²) < 4.78 is 28.8. The summed E-state index contributed by atoms with van der Waals surface area (Å²) in [5, 5.41) is 13.4. The smallest absolute Gasteiger partial charge is 0.325 e. The Morgan fingerprint density at radius 1 is 1.45 bits per heavy atom. The number of benzene rings is 1. The van der Waals surface area contributed by atoms with Crippen LogP contribution in [0.4, 0.5) is 8.78 Å². The molecule has 1 heterocycles. The number of halogens is 2. The highest BCUT2D eigenvalue weighted by molar-refractivity contribution is 5.75. The normalized spacial score (nSPS) is 12.6. The van der Waals surface area contributed by atoms with Crippen molar-refractivity contribution in [1.82, 2.24) is 14.7 Å². The second kappa shape index (κ2) is 6.65. The molecular weight excluding hydrogens is 292 g/mol. The molecule has 1 aromatic carbocycles. The first-order valence-electron chi connectivity index (χ1n) is 6.74. The van der Waals surface area contributed by atoms with Gasteiger partial charge in [-0.05, 0) is 37.2 Å². The molecule has 1 aromatic heterocycles. The fourth-order valence-electron chi connectivity index (χ4n) is 2.32. The summed E-state index contributed by atoms with van der Waals surface area (Å²) in [6.07, 6.45) is 4.07. The van der Waals surface area contributed by atoms with Gasteiger partial charge in [-0.3, -0.25) is 14.4 Å². The van der Waals surface area contributed by atoms with Crippen molar-refractivity contribution >= 4 is 5.97 Å². The van der Waals surface area contributed by atoms with E-state index in [1.165, 1.54) is 4.90 Å². The molecular formula is C15H17F2N3O2. The van der Waals surface area contributed by atoms with Crippen molar-refractivity contribution in [2.75, 3.05) is 13.6 Å². The van der Waals surface area contributed by atoms with Crippen LogP contribution in [-0.4, -0.2) is 39.3 Å². The zero-order valence-electron chi connectivity index (χ0n) is 12.3. The standard InChI is InChI=1S/C15H17F2N3O2/c1-19(6-5-10-8-18-20(2)9-10)14(15(21)22)12-7-11(16)3-4-13(12)17/h3-4,7-9,14H,5-6H2,1-2H3,(H,21,22). The van der Waals surface area contributed by atoms with Crippen LogP contribution in [0.3, 0.4) is 0 Å². The highest BCUT2D eigenvalue weighted by atomic mass is 19.1. The summed E-state index contributed by atoms with van der Waals surface area (Å²) in [5.41, 5.74) is 0.763. The van der Waals surface area contributed by atoms with Gasteiger partial charge < -0.3 is 5.11 Å². The van der Waals surface area contributed by atoms with Crippen LogP contribution in [0.2, 0.25) is 0 Å². The lowest BCUT2D eigenvalue weighted by Gasteiger charge is -2.25. The molecule has 1 N–H and O–H groups in total. The molecule has 2 aromatic rings. The van der Waals surface area contributed by atoms with Gasteiger partial charge in [-0.2, -0.15) is 5.10 Å². The molecule has 0 fully saturated rings. The number of carboxylic acid groups (broad SMARTS) is 1. The maximum Gasteiger partial charge on any atom is 0.325 e. The van der Waals surface area contributed by atoms with Crippen molar-refractivity contribution in [3.63, 3.8) is 0 Å². The first kappa shape index (κ1) is 16.1. The summed E-state index contributed by atoms with van der Waals surface area (Å²) >= 11 is 0. The fourth-order valence-corrected chi connectivity index (χ4v) is 2.32. The van der Waals surface area contributed by atoms with Crippen LogP contribution in [-0.2, 0) is 18.3 Å². The van der Waals surface area contributed by atoms with Crippen LogP contribution in [0.15, 0.2) is 30.6 Å². The quantitative estimate of drug-likeness (QED) is 0.886. The summed E-state index contributed by atoms with van der Waals surface area (Å²) in [5.74, 6) is -2.62. The monoisotopic (exact) mass is 309 g/mol. The summed E-state index contributed by atoms with van der Waals surface area (Å²) in [6.45, 7) is 0.374. The third kappa shape index (κ3) is 3.67. The lowest BCUT2D eigenvalue weighted by Crippen LogP contribution is -2.33. The van der Waals surface area contributed by atoms with Crippen molar-refractivity contribution in [3.05, 3.63) is 53.4 Å². The molecule has 5 nitrogen and oxygen atoms in total. The molecule has 0 saturated carbocycles. The lowest BCUT2D eigenvalue weighted by molar-refractivity contribution is -0.143. The van der Waals surface area contributed by atoms with Gasteiger partial charge in [-0.15, -0.1) is 0 Å². The highest BCUT2D eigenvalue weighted by Gasteiger charge is 2.27. The topological polar surface area (TPSA) is 58.4 Å². The molecule has 0 saturated heterocycles. The van der Waals surface area contributed by atoms with E-state index < -0.39 is 23.6 Å². The molecule has 22 heavy (non-hydrogen) atoms. The van der Waals surface area contributed by atoms with Gasteiger partial charge in [0.2, 0.25) is 0 Å². The Kier molecular flexibility index (Phi) is 4.87. The average Bonchev–Trinajstić information content (AvgIpc) is 2.86. The minimum atomic E-state index is -1.24. The van der Waals surface area contributed by atoms with Gasteiger partial charge in [0.15, 0.2) is 0 Å². The molecule has 0 aliphatic carbocycles. The average molecular weight is 309 g/mol. The summed E-state index contributed by atoms with van der Waals surface area (Å²) in [4.78, 5) is 13.0. The van der Waals surface area contributed by atoms with Gasteiger partial charge in [-0.1, -0.05) is 0 Å². The third-order valence-electron chi connectivity index (χ3n) is 3.44. The predicted molar refractivity (Wildman–Crippen MR) is 76.3 cm³/mol. The van der Waals surface area contributed by atoms with Gasteiger partial charge in [0.05, 0.1) is 6.20 Å². The van der Waals surface area contributed by atoms with Crippen molar-refractivity contribution in [3.8, 4) is 0 Å². The molecule has 7 heteroatoms. The van der Waals surface area contributed by atoms with E-state index in [1.807, 2.05) is 6.20 Å². The predicted octanol–water partition coefficient (Wildman–Crippen LogP) is 2.00. The van der Waals surface area contributed by atoms with Crippen LogP contribution in [0.25, 0.3) is 0 Å². The van der Waals surface area contributed by atoms with Crippen LogP contribution < -0.4 is 0 Å². The van der Waals surface area contributed by atoms with Crippen LogP contribution in [0.5, 0.6) is 0 Å². The van der Waals surface area contributed by atoms with E-state index in [0.717, 1.165) is 23.8 Å². The second-order valence-electron chi connectivity index (χ2n) is 5.16. The van der Waals surface area contributed by atoms with E-state index in [1.54, 1.807) is 25.0 Å². The van der Waals surface area contributed by atoms with E-state index >= 15 is 0 Å². The van der Waals surface area contributed by atoms with Crippen molar-refractivity contribution < 1.29 is 18.7 Å². The zero-order chi connectivity index (χ0) is 16.3. The van der Waals surface area contributed by atoms with Gasteiger partial charge in [0.1, 0.15) is 17.7 Å². The summed E-state index contributed by atoms with van der Waals surface area (Å²) in [6, 6.07) is 1.59. The SMILES string of the molecule is CN(CCc1cnn(C)c1)C(C(=O)O)c1cc(F)ccc1F. The Bertz CT molecular complexity index is 673. The lowest BCUT2D eigenvalue weighted by atomic mass is 10.0. The number of aliphatic carboxylic acids is 1. The largest absolute Gasteiger partial charge is 0.480 e. The van der Waals surface area contributed by atoms with E-state index in [0.29, 0.717) is 13.0 Å². The Morgan fingerprint density at radius 2 is 2.18 bits per heavy atom. The Morgan fingerprint density at radius 3 is 2.77 bits per heavy atom. The van der Waals surface area contributed by atoms with Crippen LogP contribution in [0.1, 0.15) is 17.2 Å². The van der Waals surface area contributed by atoms with E-state index in [4.69, 9.17) is 0 Å². The van der Waals surface area contributed by atoms with Crippen molar-refractivity contribution in [1.29, 1.82) is 0 Å². The minimum absolute atomic E-state index is 0.179. The van der Waals surface area contributed by atoms with E-state index in [2.05, 4.69) is 5.10 Å². The Hall–Kier alpha value is -2.28. The maximum absolute atomic E-state index is 13.8. The number of aryl methyl sites for hydroxylation is 1. The van der Waals surface area contributed by atoms with Crippen molar-refractivity contribution in [2.45, 2.75) is 12.5 Å². The van der Waals surface area contributed by atoms with Gasteiger partial charge in [-0.25, -0.2) is 8.78 Å². The number of hydrogen-bond donors (Lipinski definition) is 1. The summed E-state index contributed by atoms with van der Waals surface area (Å²) in [7, 11) is 3.36. The van der Waals surface area contributed by atoms with E-state index in [9.17, 15) is 18.7 Å². The molecule has 118 valence electrons. The maximum atomic E-state index is 13.8. The fraction of sp³-hybridized carbons (Fsp3) is 0.333.